The standard InChI is InChI=1S/C18H17ClF2N3O4P/c1-3-27-29(25,24-13-5-4-6-14(11-13)26-2)15-9-7-12(8-10-15)16-22-17(28-23-16)18(19,20)21/h4-11H,3H2,1-2H3,(H,24,25). The van der Waals surface area contributed by atoms with Gasteiger partial charge in [0, 0.05) is 17.3 Å². The Kier molecular flexibility index (Phi) is 6.21. The van der Waals surface area contributed by atoms with Crippen LogP contribution in [0.4, 0.5) is 14.5 Å². The SMILES string of the molecule is CCOP(=O)(Nc1cccc(OC)c1)c1ccc(-c2noc(C(F)(F)Cl)n2)cc1. The third kappa shape index (κ3) is 4.93. The minimum absolute atomic E-state index is 0.0705. The van der Waals surface area contributed by atoms with E-state index in [2.05, 4.69) is 19.8 Å². The number of hydrogen-bond donors (Lipinski definition) is 1. The maximum absolute atomic E-state index is 13.4. The van der Waals surface area contributed by atoms with Crippen molar-refractivity contribution in [2.75, 3.05) is 18.8 Å². The molecule has 154 valence electrons. The predicted octanol–water partition coefficient (Wildman–Crippen LogP) is 5.00. The fourth-order valence-corrected chi connectivity index (χ4v) is 4.28. The summed E-state index contributed by atoms with van der Waals surface area (Å²) in [4.78, 5) is 3.58. The lowest BCUT2D eigenvalue weighted by Crippen LogP contribution is -2.14. The molecule has 1 atom stereocenters. The zero-order valence-corrected chi connectivity index (χ0v) is 17.1. The number of benzene rings is 2. The van der Waals surface area contributed by atoms with Gasteiger partial charge < -0.3 is 18.9 Å². The number of ether oxygens (including phenoxy) is 1. The lowest BCUT2D eigenvalue weighted by atomic mass is 10.2. The molecule has 0 spiro atoms. The highest BCUT2D eigenvalue weighted by Crippen LogP contribution is 2.46. The molecule has 0 aliphatic heterocycles. The highest BCUT2D eigenvalue weighted by atomic mass is 35.5. The predicted molar refractivity (Wildman–Crippen MR) is 105 cm³/mol. The zero-order chi connectivity index (χ0) is 21.1. The number of alkyl halides is 3. The van der Waals surface area contributed by atoms with Gasteiger partial charge in [0.2, 0.25) is 5.82 Å². The molecular weight excluding hydrogens is 427 g/mol. The van der Waals surface area contributed by atoms with E-state index < -0.39 is 18.8 Å². The Hall–Kier alpha value is -2.48. The highest BCUT2D eigenvalue weighted by Gasteiger charge is 2.35. The monoisotopic (exact) mass is 443 g/mol. The maximum Gasteiger partial charge on any atom is 0.400 e. The molecule has 0 saturated heterocycles. The molecule has 1 aromatic heterocycles. The van der Waals surface area contributed by atoms with E-state index in [0.717, 1.165) is 0 Å². The lowest BCUT2D eigenvalue weighted by Gasteiger charge is -2.20. The number of methoxy groups -OCH3 is 1. The van der Waals surface area contributed by atoms with E-state index in [1.807, 2.05) is 0 Å². The number of halogens is 3. The molecule has 7 nitrogen and oxygen atoms in total. The summed E-state index contributed by atoms with van der Waals surface area (Å²) >= 11 is 4.88. The second-order valence-electron chi connectivity index (χ2n) is 5.78. The van der Waals surface area contributed by atoms with E-state index >= 15 is 0 Å². The number of rotatable bonds is 8. The molecule has 1 heterocycles. The molecule has 11 heteroatoms. The Labute approximate surface area is 170 Å². The topological polar surface area (TPSA) is 86.5 Å². The third-order valence-corrected chi connectivity index (χ3v) is 6.10. The number of aromatic nitrogens is 2. The smallest absolute Gasteiger partial charge is 0.400 e. The van der Waals surface area contributed by atoms with Crippen molar-refractivity contribution in [1.29, 1.82) is 0 Å². The first-order chi connectivity index (χ1) is 13.7. The molecular formula is C18H17ClF2N3O4P. The molecule has 0 radical (unpaired) electrons. The summed E-state index contributed by atoms with van der Waals surface area (Å²) < 4.78 is 54.7. The minimum Gasteiger partial charge on any atom is -0.497 e. The summed E-state index contributed by atoms with van der Waals surface area (Å²) in [6.07, 6.45) is 0. The molecule has 3 aromatic rings. The minimum atomic E-state index is -3.75. The molecule has 1 N–H and O–H groups in total. The van der Waals surface area contributed by atoms with Gasteiger partial charge in [0.1, 0.15) is 5.75 Å². The third-order valence-electron chi connectivity index (χ3n) is 3.79. The van der Waals surface area contributed by atoms with Gasteiger partial charge in [0.25, 0.3) is 0 Å². The van der Waals surface area contributed by atoms with Crippen molar-refractivity contribution < 1.29 is 27.1 Å². The number of anilines is 1. The van der Waals surface area contributed by atoms with Crippen molar-refractivity contribution >= 4 is 30.1 Å². The van der Waals surface area contributed by atoms with Crippen LogP contribution < -0.4 is 15.1 Å². The van der Waals surface area contributed by atoms with Gasteiger partial charge in [0.05, 0.1) is 19.0 Å². The van der Waals surface area contributed by atoms with Gasteiger partial charge in [-0.05, 0) is 42.8 Å². The van der Waals surface area contributed by atoms with Gasteiger partial charge in [-0.1, -0.05) is 23.4 Å². The van der Waals surface area contributed by atoms with Gasteiger partial charge in [-0.25, -0.2) is 0 Å². The van der Waals surface area contributed by atoms with E-state index in [9.17, 15) is 13.3 Å². The van der Waals surface area contributed by atoms with E-state index in [1.54, 1.807) is 31.2 Å². The van der Waals surface area contributed by atoms with Gasteiger partial charge in [-0.3, -0.25) is 4.57 Å². The Balaban J connectivity index is 1.88. The van der Waals surface area contributed by atoms with Crippen molar-refractivity contribution in [3.8, 4) is 17.1 Å². The van der Waals surface area contributed by atoms with Crippen LogP contribution in [-0.4, -0.2) is 23.9 Å². The van der Waals surface area contributed by atoms with Gasteiger partial charge >= 0.3 is 18.8 Å². The summed E-state index contributed by atoms with van der Waals surface area (Å²) in [7, 11) is -1.94. The van der Waals surface area contributed by atoms with Crippen LogP contribution in [0.15, 0.2) is 53.1 Å². The zero-order valence-electron chi connectivity index (χ0n) is 15.4. The normalized spacial score (nSPS) is 13.7. The quantitative estimate of drug-likeness (QED) is 0.387. The van der Waals surface area contributed by atoms with E-state index in [-0.39, 0.29) is 12.4 Å². The summed E-state index contributed by atoms with van der Waals surface area (Å²) in [5, 5.41) is 3.02. The van der Waals surface area contributed by atoms with Gasteiger partial charge in [-0.15, -0.1) is 0 Å². The Morgan fingerprint density at radius 2 is 1.97 bits per heavy atom. The van der Waals surface area contributed by atoms with Crippen LogP contribution in [-0.2, 0) is 14.5 Å². The van der Waals surface area contributed by atoms with Crippen LogP contribution in [0.3, 0.4) is 0 Å². The average Bonchev–Trinajstić information content (AvgIpc) is 3.19. The Bertz CT molecular complexity index is 1020. The number of nitrogens with zero attached hydrogens (tertiary/aromatic N) is 2. The van der Waals surface area contributed by atoms with Crippen molar-refractivity contribution in [3.05, 3.63) is 54.4 Å². The first-order valence-corrected chi connectivity index (χ1v) is 10.4. The van der Waals surface area contributed by atoms with Crippen LogP contribution in [0, 0.1) is 0 Å². The largest absolute Gasteiger partial charge is 0.497 e. The fraction of sp³-hybridized carbons (Fsp3) is 0.222. The van der Waals surface area contributed by atoms with E-state index in [1.165, 1.54) is 31.4 Å². The van der Waals surface area contributed by atoms with E-state index in [4.69, 9.17) is 20.9 Å². The lowest BCUT2D eigenvalue weighted by molar-refractivity contribution is 0.0551. The Morgan fingerprint density at radius 3 is 2.55 bits per heavy atom. The van der Waals surface area contributed by atoms with Crippen LogP contribution in [0.25, 0.3) is 11.4 Å². The fourth-order valence-electron chi connectivity index (χ4n) is 2.48. The first kappa shape index (κ1) is 21.2. The summed E-state index contributed by atoms with van der Waals surface area (Å²) in [6, 6.07) is 13.0. The maximum atomic E-state index is 13.4. The molecule has 3 rings (SSSR count). The van der Waals surface area contributed by atoms with Crippen molar-refractivity contribution in [2.45, 2.75) is 12.3 Å². The molecule has 0 fully saturated rings. The van der Waals surface area contributed by atoms with E-state index in [0.29, 0.717) is 22.3 Å². The molecule has 0 amide bonds. The van der Waals surface area contributed by atoms with Crippen LogP contribution in [0.1, 0.15) is 12.8 Å². The Morgan fingerprint density at radius 1 is 1.24 bits per heavy atom. The summed E-state index contributed by atoms with van der Waals surface area (Å²) in [5.41, 5.74) is 0.937. The second-order valence-corrected chi connectivity index (χ2v) is 8.36. The van der Waals surface area contributed by atoms with Crippen molar-refractivity contribution in [1.82, 2.24) is 10.1 Å². The second kappa shape index (κ2) is 8.49. The average molecular weight is 444 g/mol. The molecule has 0 bridgehead atoms. The summed E-state index contributed by atoms with van der Waals surface area (Å²) in [5.74, 6) is -0.478. The van der Waals surface area contributed by atoms with Crippen LogP contribution in [0.5, 0.6) is 5.75 Å². The van der Waals surface area contributed by atoms with Crippen LogP contribution >= 0.6 is 19.1 Å². The molecule has 29 heavy (non-hydrogen) atoms. The molecule has 1 unspecified atom stereocenters. The number of nitrogens with one attached hydrogen (secondary N) is 1. The van der Waals surface area contributed by atoms with Gasteiger partial charge in [-0.2, -0.15) is 13.8 Å². The van der Waals surface area contributed by atoms with Crippen molar-refractivity contribution in [3.63, 3.8) is 0 Å². The molecule has 2 aromatic carbocycles. The van der Waals surface area contributed by atoms with Gasteiger partial charge in [0.15, 0.2) is 0 Å². The summed E-state index contributed by atoms with van der Waals surface area (Å²) in [6.45, 7) is 1.93. The molecule has 0 aliphatic carbocycles. The number of hydrogen-bond acceptors (Lipinski definition) is 6. The van der Waals surface area contributed by atoms with Crippen LogP contribution in [0.2, 0.25) is 0 Å². The van der Waals surface area contributed by atoms with Crippen molar-refractivity contribution in [2.24, 2.45) is 0 Å². The first-order valence-electron chi connectivity index (χ1n) is 8.44. The highest BCUT2D eigenvalue weighted by molar-refractivity contribution is 7.68. The molecule has 0 saturated carbocycles. The molecule has 0 aliphatic rings.